The lowest BCUT2D eigenvalue weighted by molar-refractivity contribution is -0.122. The minimum absolute atomic E-state index is 0.163. The summed E-state index contributed by atoms with van der Waals surface area (Å²) >= 11 is 6.70. The van der Waals surface area contributed by atoms with E-state index >= 15 is 0 Å². The monoisotopic (exact) mass is 508 g/mol. The fraction of sp³-hybridized carbons (Fsp3) is 0.308. The predicted molar refractivity (Wildman–Crippen MR) is 146 cm³/mol. The zero-order chi connectivity index (χ0) is 24.9. The first kappa shape index (κ1) is 25.1. The molecular formula is C26H28N4O3S2. The van der Waals surface area contributed by atoms with Gasteiger partial charge in [0.05, 0.1) is 23.1 Å². The van der Waals surface area contributed by atoms with Crippen LogP contribution in [-0.4, -0.2) is 43.8 Å². The molecule has 1 N–H and O–H groups in total. The summed E-state index contributed by atoms with van der Waals surface area (Å²) in [6.45, 7) is 7.57. The Balaban J connectivity index is 1.62. The zero-order valence-corrected chi connectivity index (χ0v) is 21.6. The Labute approximate surface area is 214 Å². The van der Waals surface area contributed by atoms with Gasteiger partial charge >= 0.3 is 0 Å². The Morgan fingerprint density at radius 1 is 1.17 bits per heavy atom. The number of aromatic nitrogens is 2. The Kier molecular flexibility index (Phi) is 8.00. The molecule has 0 unspecified atom stereocenters. The van der Waals surface area contributed by atoms with Crippen LogP contribution >= 0.6 is 24.0 Å². The third-order valence-electron chi connectivity index (χ3n) is 5.44. The Bertz CT molecular complexity index is 1330. The highest BCUT2D eigenvalue weighted by molar-refractivity contribution is 8.26. The number of pyridine rings is 1. The van der Waals surface area contributed by atoms with Gasteiger partial charge in [-0.2, -0.15) is 0 Å². The summed E-state index contributed by atoms with van der Waals surface area (Å²) in [4.78, 5) is 33.2. The van der Waals surface area contributed by atoms with Crippen LogP contribution in [0.15, 0.2) is 58.4 Å². The van der Waals surface area contributed by atoms with Gasteiger partial charge in [0.2, 0.25) is 0 Å². The van der Waals surface area contributed by atoms with Crippen LogP contribution < -0.4 is 10.9 Å². The molecule has 35 heavy (non-hydrogen) atoms. The number of anilines is 1. The number of thiocarbonyl (C=S) groups is 1. The number of carbonyl (C=O) groups excluding carboxylic acids is 1. The van der Waals surface area contributed by atoms with Gasteiger partial charge in [-0.1, -0.05) is 59.9 Å². The highest BCUT2D eigenvalue weighted by Crippen LogP contribution is 2.34. The molecule has 1 aliphatic heterocycles. The van der Waals surface area contributed by atoms with Gasteiger partial charge in [-0.15, -0.1) is 0 Å². The quantitative estimate of drug-likeness (QED) is 0.257. The Hall–Kier alpha value is -3.01. The summed E-state index contributed by atoms with van der Waals surface area (Å²) in [5, 5.41) is 3.26. The molecule has 0 aliphatic carbocycles. The molecule has 0 spiro atoms. The predicted octanol–water partition coefficient (Wildman–Crippen LogP) is 4.63. The van der Waals surface area contributed by atoms with Crippen LogP contribution in [0.2, 0.25) is 0 Å². The van der Waals surface area contributed by atoms with Crippen molar-refractivity contribution in [1.29, 1.82) is 0 Å². The topological polar surface area (TPSA) is 75.9 Å². The second-order valence-corrected chi connectivity index (χ2v) is 10.2. The molecule has 1 amide bonds. The Morgan fingerprint density at radius 3 is 2.69 bits per heavy atom. The van der Waals surface area contributed by atoms with Gasteiger partial charge in [-0.3, -0.25) is 18.9 Å². The fourth-order valence-corrected chi connectivity index (χ4v) is 4.85. The van der Waals surface area contributed by atoms with E-state index in [4.69, 9.17) is 17.0 Å². The van der Waals surface area contributed by atoms with Crippen LogP contribution in [0, 0.1) is 6.92 Å². The van der Waals surface area contributed by atoms with Crippen LogP contribution in [0.3, 0.4) is 0 Å². The van der Waals surface area contributed by atoms with Crippen LogP contribution in [0.5, 0.6) is 0 Å². The molecule has 1 saturated heterocycles. The molecule has 0 bridgehead atoms. The van der Waals surface area contributed by atoms with E-state index in [1.807, 2.05) is 51.1 Å². The molecule has 3 heterocycles. The van der Waals surface area contributed by atoms with Gasteiger partial charge in [0, 0.05) is 19.3 Å². The van der Waals surface area contributed by atoms with E-state index in [-0.39, 0.29) is 17.6 Å². The minimum Gasteiger partial charge on any atom is -0.379 e. The maximum Gasteiger partial charge on any atom is 0.267 e. The SMILES string of the molecule is Cc1ccc(CN2C(=O)/C(=C/c3c(NCCCOC(C)C)nc4ccccn4c3=O)SC2=S)cc1. The molecule has 182 valence electrons. The molecule has 1 fully saturated rings. The molecule has 0 atom stereocenters. The van der Waals surface area contributed by atoms with Crippen molar-refractivity contribution in [3.05, 3.63) is 80.6 Å². The molecule has 0 radical (unpaired) electrons. The number of fused-ring (bicyclic) bond motifs is 1. The summed E-state index contributed by atoms with van der Waals surface area (Å²) < 4.78 is 7.55. The zero-order valence-electron chi connectivity index (χ0n) is 20.0. The number of benzene rings is 1. The first-order chi connectivity index (χ1) is 16.8. The number of ether oxygens (including phenoxy) is 1. The van der Waals surface area contributed by atoms with Crippen molar-refractivity contribution >= 4 is 51.7 Å². The van der Waals surface area contributed by atoms with Crippen LogP contribution in [-0.2, 0) is 16.1 Å². The third kappa shape index (κ3) is 5.98. The van der Waals surface area contributed by atoms with E-state index in [0.29, 0.717) is 46.0 Å². The van der Waals surface area contributed by atoms with E-state index in [2.05, 4.69) is 10.3 Å². The summed E-state index contributed by atoms with van der Waals surface area (Å²) in [5.74, 6) is 0.226. The number of hydrogen-bond donors (Lipinski definition) is 1. The highest BCUT2D eigenvalue weighted by Gasteiger charge is 2.32. The second kappa shape index (κ2) is 11.2. The maximum atomic E-state index is 13.4. The molecule has 1 aliphatic rings. The second-order valence-electron chi connectivity index (χ2n) is 8.56. The van der Waals surface area contributed by atoms with Crippen molar-refractivity contribution in [3.8, 4) is 0 Å². The molecule has 3 aromatic rings. The van der Waals surface area contributed by atoms with Crippen molar-refractivity contribution < 1.29 is 9.53 Å². The molecule has 7 nitrogen and oxygen atoms in total. The van der Waals surface area contributed by atoms with Crippen molar-refractivity contribution in [2.75, 3.05) is 18.5 Å². The lowest BCUT2D eigenvalue weighted by Crippen LogP contribution is -2.27. The number of hydrogen-bond acceptors (Lipinski definition) is 7. The number of nitrogens with one attached hydrogen (secondary N) is 1. The van der Waals surface area contributed by atoms with E-state index in [1.165, 1.54) is 16.2 Å². The van der Waals surface area contributed by atoms with Gasteiger partial charge in [0.1, 0.15) is 15.8 Å². The number of thioether (sulfide) groups is 1. The molecule has 1 aromatic carbocycles. The molecular weight excluding hydrogens is 480 g/mol. The van der Waals surface area contributed by atoms with Gasteiger partial charge < -0.3 is 10.1 Å². The molecule has 4 rings (SSSR count). The number of nitrogens with zero attached hydrogens (tertiary/aromatic N) is 3. The average Bonchev–Trinajstić information content (AvgIpc) is 3.09. The summed E-state index contributed by atoms with van der Waals surface area (Å²) in [5.41, 5.74) is 2.75. The molecule has 9 heteroatoms. The smallest absolute Gasteiger partial charge is 0.267 e. The van der Waals surface area contributed by atoms with Crippen LogP contribution in [0.25, 0.3) is 11.7 Å². The van der Waals surface area contributed by atoms with E-state index < -0.39 is 0 Å². The van der Waals surface area contributed by atoms with Gasteiger partial charge in [-0.05, 0) is 51.0 Å². The number of aryl methyl sites for hydroxylation is 1. The van der Waals surface area contributed by atoms with Crippen LogP contribution in [0.1, 0.15) is 37.0 Å². The normalized spacial score (nSPS) is 15.1. The van der Waals surface area contributed by atoms with Crippen molar-refractivity contribution in [1.82, 2.24) is 14.3 Å². The standard InChI is InChI=1S/C26H28N4O3S2/c1-17(2)33-14-6-12-27-23-20(24(31)29-13-5-4-7-22(29)28-23)15-21-25(32)30(26(34)35-21)16-19-10-8-18(3)9-11-19/h4-5,7-11,13,15,17,27H,6,12,14,16H2,1-3H3/b21-15-. The van der Waals surface area contributed by atoms with Crippen molar-refractivity contribution in [2.24, 2.45) is 0 Å². The number of rotatable bonds is 9. The van der Waals surface area contributed by atoms with Crippen molar-refractivity contribution in [3.63, 3.8) is 0 Å². The number of carbonyl (C=O) groups is 1. The lowest BCUT2D eigenvalue weighted by atomic mass is 10.1. The van der Waals surface area contributed by atoms with Gasteiger partial charge in [-0.25, -0.2) is 4.98 Å². The minimum atomic E-state index is -0.250. The lowest BCUT2D eigenvalue weighted by Gasteiger charge is -2.14. The number of amides is 1. The summed E-state index contributed by atoms with van der Waals surface area (Å²) in [7, 11) is 0. The van der Waals surface area contributed by atoms with Crippen LogP contribution in [0.4, 0.5) is 5.82 Å². The van der Waals surface area contributed by atoms with E-state index in [1.54, 1.807) is 29.3 Å². The molecule has 0 saturated carbocycles. The summed E-state index contributed by atoms with van der Waals surface area (Å²) in [6, 6.07) is 13.4. The third-order valence-corrected chi connectivity index (χ3v) is 6.82. The first-order valence-corrected chi connectivity index (χ1v) is 12.7. The first-order valence-electron chi connectivity index (χ1n) is 11.5. The Morgan fingerprint density at radius 2 is 1.94 bits per heavy atom. The van der Waals surface area contributed by atoms with Gasteiger partial charge in [0.15, 0.2) is 0 Å². The molecule has 2 aromatic heterocycles. The van der Waals surface area contributed by atoms with E-state index in [9.17, 15) is 9.59 Å². The fourth-order valence-electron chi connectivity index (χ4n) is 3.61. The largest absolute Gasteiger partial charge is 0.379 e. The average molecular weight is 509 g/mol. The van der Waals surface area contributed by atoms with E-state index in [0.717, 1.165) is 17.5 Å². The summed E-state index contributed by atoms with van der Waals surface area (Å²) in [6.07, 6.45) is 4.20. The maximum absolute atomic E-state index is 13.4. The van der Waals surface area contributed by atoms with Crippen molar-refractivity contribution in [2.45, 2.75) is 39.8 Å². The van der Waals surface area contributed by atoms with Gasteiger partial charge in [0.25, 0.3) is 11.5 Å². The highest BCUT2D eigenvalue weighted by atomic mass is 32.2.